The van der Waals surface area contributed by atoms with Crippen molar-refractivity contribution in [2.45, 2.75) is 13.3 Å². The zero-order valence-electron chi connectivity index (χ0n) is 11.1. The summed E-state index contributed by atoms with van der Waals surface area (Å²) >= 11 is 0. The van der Waals surface area contributed by atoms with E-state index < -0.39 is 0 Å². The molecule has 4 unspecified atom stereocenters. The second kappa shape index (κ2) is 4.09. The van der Waals surface area contributed by atoms with Crippen molar-refractivity contribution in [2.75, 3.05) is 27.2 Å². The summed E-state index contributed by atoms with van der Waals surface area (Å²) in [6.45, 7) is 4.29. The summed E-state index contributed by atoms with van der Waals surface area (Å²) in [5.74, 6) is 3.08. The second-order valence-electron chi connectivity index (χ2n) is 6.00. The Morgan fingerprint density at radius 3 is 2.65 bits per heavy atom. The number of nitrogens with zero attached hydrogens (tertiary/aromatic N) is 2. The number of allylic oxidation sites excluding steroid dienone is 4. The summed E-state index contributed by atoms with van der Waals surface area (Å²) in [6, 6.07) is 0. The first kappa shape index (κ1) is 11.2. The van der Waals surface area contributed by atoms with Crippen LogP contribution in [0.1, 0.15) is 13.3 Å². The lowest BCUT2D eigenvalue weighted by molar-refractivity contribution is 0.418. The van der Waals surface area contributed by atoms with Crippen molar-refractivity contribution in [2.24, 2.45) is 28.7 Å². The highest BCUT2D eigenvalue weighted by Gasteiger charge is 2.49. The summed E-state index contributed by atoms with van der Waals surface area (Å²) in [7, 11) is 4.22. The number of hydrogen-bond donors (Lipinski definition) is 0. The van der Waals surface area contributed by atoms with Crippen LogP contribution >= 0.6 is 0 Å². The van der Waals surface area contributed by atoms with Gasteiger partial charge in [0.1, 0.15) is 0 Å². The van der Waals surface area contributed by atoms with E-state index in [2.05, 4.69) is 44.1 Å². The van der Waals surface area contributed by atoms with Crippen molar-refractivity contribution < 1.29 is 0 Å². The Kier molecular flexibility index (Phi) is 2.70. The van der Waals surface area contributed by atoms with Crippen LogP contribution < -0.4 is 0 Å². The van der Waals surface area contributed by atoms with Gasteiger partial charge in [-0.3, -0.25) is 4.99 Å². The van der Waals surface area contributed by atoms with Crippen LogP contribution in [-0.2, 0) is 0 Å². The summed E-state index contributed by atoms with van der Waals surface area (Å²) in [5, 5.41) is 0. The first-order valence-electron chi connectivity index (χ1n) is 6.72. The molecule has 3 aliphatic rings. The maximum atomic E-state index is 4.84. The molecule has 0 radical (unpaired) electrons. The average molecular weight is 230 g/mol. The van der Waals surface area contributed by atoms with E-state index in [0.29, 0.717) is 5.92 Å². The third-order valence-electron chi connectivity index (χ3n) is 4.54. The van der Waals surface area contributed by atoms with E-state index in [0.717, 1.165) is 30.8 Å². The Bertz CT molecular complexity index is 403. The molecule has 3 rings (SSSR count). The molecule has 1 fully saturated rings. The van der Waals surface area contributed by atoms with Crippen molar-refractivity contribution in [3.8, 4) is 0 Å². The highest BCUT2D eigenvalue weighted by Crippen LogP contribution is 2.54. The van der Waals surface area contributed by atoms with E-state index in [9.17, 15) is 0 Å². The predicted octanol–water partition coefficient (Wildman–Crippen LogP) is 2.39. The van der Waals surface area contributed by atoms with Crippen molar-refractivity contribution >= 4 is 5.71 Å². The van der Waals surface area contributed by atoms with Gasteiger partial charge in [-0.15, -0.1) is 0 Å². The van der Waals surface area contributed by atoms with Crippen LogP contribution in [0.4, 0.5) is 0 Å². The minimum absolute atomic E-state index is 0.715. The molecule has 0 aromatic heterocycles. The van der Waals surface area contributed by atoms with Crippen LogP contribution in [0, 0.1) is 23.7 Å². The molecule has 0 amide bonds. The number of likely N-dealkylation sites (N-methyl/N-ethyl adjacent to an activating group) is 1. The maximum Gasteiger partial charge on any atom is 0.0519 e. The maximum absolute atomic E-state index is 4.84. The summed E-state index contributed by atoms with van der Waals surface area (Å²) < 4.78 is 0. The molecule has 17 heavy (non-hydrogen) atoms. The van der Waals surface area contributed by atoms with Crippen molar-refractivity contribution in [1.82, 2.24) is 4.90 Å². The summed E-state index contributed by atoms with van der Waals surface area (Å²) in [6.07, 6.45) is 8.59. The zero-order chi connectivity index (χ0) is 12.0. The van der Waals surface area contributed by atoms with Gasteiger partial charge in [0.2, 0.25) is 0 Å². The summed E-state index contributed by atoms with van der Waals surface area (Å²) in [5.41, 5.74) is 2.95. The molecule has 0 aromatic carbocycles. The fraction of sp³-hybridized carbons (Fsp3) is 0.667. The molecular weight excluding hydrogens is 208 g/mol. The fourth-order valence-corrected chi connectivity index (χ4v) is 3.80. The SMILES string of the molecule is CC1=CC(=NCCN(C)C)C2C3C=CC(C3)C12. The minimum atomic E-state index is 0.715. The van der Waals surface area contributed by atoms with E-state index in [1.807, 2.05) is 0 Å². The minimum Gasteiger partial charge on any atom is -0.308 e. The van der Waals surface area contributed by atoms with Gasteiger partial charge >= 0.3 is 0 Å². The third kappa shape index (κ3) is 1.79. The molecule has 2 bridgehead atoms. The van der Waals surface area contributed by atoms with Gasteiger partial charge in [0, 0.05) is 18.2 Å². The van der Waals surface area contributed by atoms with Crippen LogP contribution in [0.2, 0.25) is 0 Å². The second-order valence-corrected chi connectivity index (χ2v) is 6.00. The van der Waals surface area contributed by atoms with Gasteiger partial charge in [0.15, 0.2) is 0 Å². The first-order valence-corrected chi connectivity index (χ1v) is 6.72. The van der Waals surface area contributed by atoms with Gasteiger partial charge in [-0.25, -0.2) is 0 Å². The molecule has 0 N–H and O–H groups in total. The quantitative estimate of drug-likeness (QED) is 0.680. The lowest BCUT2D eigenvalue weighted by Gasteiger charge is -2.22. The number of fused-ring (bicyclic) bond motifs is 5. The smallest absolute Gasteiger partial charge is 0.0519 e. The zero-order valence-corrected chi connectivity index (χ0v) is 11.1. The number of hydrogen-bond acceptors (Lipinski definition) is 2. The Morgan fingerprint density at radius 1 is 1.24 bits per heavy atom. The molecule has 4 atom stereocenters. The topological polar surface area (TPSA) is 15.6 Å². The van der Waals surface area contributed by atoms with Gasteiger partial charge in [-0.1, -0.05) is 17.7 Å². The van der Waals surface area contributed by atoms with Crippen LogP contribution in [0.5, 0.6) is 0 Å². The Hall–Kier alpha value is -0.890. The van der Waals surface area contributed by atoms with E-state index >= 15 is 0 Å². The average Bonchev–Trinajstić information content (AvgIpc) is 2.91. The highest BCUT2D eigenvalue weighted by molar-refractivity contribution is 6.01. The molecule has 2 nitrogen and oxygen atoms in total. The van der Waals surface area contributed by atoms with Crippen LogP contribution in [-0.4, -0.2) is 37.8 Å². The third-order valence-corrected chi connectivity index (χ3v) is 4.54. The number of aliphatic imine (C=N–C) groups is 1. The van der Waals surface area contributed by atoms with E-state index in [-0.39, 0.29) is 0 Å². The van der Waals surface area contributed by atoms with Gasteiger partial charge < -0.3 is 4.90 Å². The fourth-order valence-electron chi connectivity index (χ4n) is 3.80. The van der Waals surface area contributed by atoms with Gasteiger partial charge in [0.25, 0.3) is 0 Å². The molecule has 2 heteroatoms. The lowest BCUT2D eigenvalue weighted by atomic mass is 9.82. The lowest BCUT2D eigenvalue weighted by Crippen LogP contribution is -2.23. The van der Waals surface area contributed by atoms with E-state index in [4.69, 9.17) is 4.99 Å². The molecule has 1 saturated carbocycles. The highest BCUT2D eigenvalue weighted by atomic mass is 15.1. The molecule has 0 heterocycles. The molecule has 3 aliphatic carbocycles. The molecule has 0 saturated heterocycles. The van der Waals surface area contributed by atoms with Crippen LogP contribution in [0.15, 0.2) is 28.8 Å². The van der Waals surface area contributed by atoms with Crippen molar-refractivity contribution in [1.29, 1.82) is 0 Å². The number of rotatable bonds is 3. The monoisotopic (exact) mass is 230 g/mol. The molecule has 92 valence electrons. The Morgan fingerprint density at radius 2 is 1.94 bits per heavy atom. The van der Waals surface area contributed by atoms with E-state index in [1.54, 1.807) is 5.57 Å². The normalized spacial score (nSPS) is 40.5. The Balaban J connectivity index is 1.76. The standard InChI is InChI=1S/C15H22N2/c1-10-8-13(16-6-7-17(2)3)15-12-5-4-11(9-12)14(10)15/h4-5,8,11-12,14-15H,6-7,9H2,1-3H3. The van der Waals surface area contributed by atoms with Gasteiger partial charge in [0.05, 0.1) is 6.54 Å². The molecule has 0 spiro atoms. The first-order chi connectivity index (χ1) is 8.16. The van der Waals surface area contributed by atoms with Crippen molar-refractivity contribution in [3.05, 3.63) is 23.8 Å². The Labute approximate surface area is 104 Å². The summed E-state index contributed by atoms with van der Waals surface area (Å²) in [4.78, 5) is 7.04. The molecular formula is C15H22N2. The van der Waals surface area contributed by atoms with Gasteiger partial charge in [-0.05, 0) is 51.3 Å². The largest absolute Gasteiger partial charge is 0.308 e. The van der Waals surface area contributed by atoms with Crippen molar-refractivity contribution in [3.63, 3.8) is 0 Å². The van der Waals surface area contributed by atoms with Crippen LogP contribution in [0.25, 0.3) is 0 Å². The molecule has 0 aliphatic heterocycles. The van der Waals surface area contributed by atoms with Crippen LogP contribution in [0.3, 0.4) is 0 Å². The molecule has 0 aromatic rings. The van der Waals surface area contributed by atoms with E-state index in [1.165, 1.54) is 12.1 Å². The van der Waals surface area contributed by atoms with Gasteiger partial charge in [-0.2, -0.15) is 0 Å². The predicted molar refractivity (Wildman–Crippen MR) is 72.3 cm³/mol.